The van der Waals surface area contributed by atoms with Gasteiger partial charge in [0.2, 0.25) is 0 Å². The summed E-state index contributed by atoms with van der Waals surface area (Å²) in [7, 11) is -3.20. The van der Waals surface area contributed by atoms with Gasteiger partial charge in [0.05, 0.1) is 0 Å². The number of fused-ring (bicyclic) bond motifs is 8. The molecule has 12 aromatic carbocycles. The average molecular weight is 1140 g/mol. The normalized spacial score (nSPS) is 13.4. The van der Waals surface area contributed by atoms with E-state index in [4.69, 9.17) is 9.47 Å². The maximum atomic E-state index is 7.17. The summed E-state index contributed by atoms with van der Waals surface area (Å²) in [6.45, 7) is 2.19. The summed E-state index contributed by atoms with van der Waals surface area (Å²) >= 11 is 11.8. The predicted molar refractivity (Wildman–Crippen MR) is 320 cm³/mol. The lowest BCUT2D eigenvalue weighted by atomic mass is 9.32. The molecule has 0 atom stereocenters. The van der Waals surface area contributed by atoms with Gasteiger partial charge in [-0.1, -0.05) is 223 Å². The zero-order valence-corrected chi connectivity index (χ0v) is 45.0. The molecule has 340 valence electrons. The monoisotopic (exact) mass is 1140 g/mol. The van der Waals surface area contributed by atoms with E-state index in [1.54, 1.807) is 0 Å². The fraction of sp³-hybridized carbons (Fsp3) is 0.0154. The molecule has 2 nitrogen and oxygen atoms in total. The fourth-order valence-electron chi connectivity index (χ4n) is 13.8. The molecule has 0 radical (unpaired) electrons. The maximum absolute atomic E-state index is 7.17. The zero-order valence-electron chi connectivity index (χ0n) is 39.2. The molecule has 4 heterocycles. The highest BCUT2D eigenvalue weighted by atomic mass is 79.9. The Kier molecular flexibility index (Phi) is 9.06. The van der Waals surface area contributed by atoms with Crippen LogP contribution >= 0.6 is 47.8 Å². The molecule has 0 unspecified atom stereocenters. The van der Waals surface area contributed by atoms with Crippen LogP contribution in [0.3, 0.4) is 0 Å². The first kappa shape index (κ1) is 42.6. The van der Waals surface area contributed by atoms with Gasteiger partial charge in [0.25, 0.3) is 13.4 Å². The molecule has 0 spiro atoms. The first-order valence-electron chi connectivity index (χ1n) is 24.9. The minimum absolute atomic E-state index is 0.0671. The van der Waals surface area contributed by atoms with Gasteiger partial charge in [-0.05, 0) is 163 Å². The smallest absolute Gasteiger partial charge is 0.252 e. The van der Waals surface area contributed by atoms with E-state index in [9.17, 15) is 0 Å². The molecule has 0 saturated carbocycles. The van der Waals surface area contributed by atoms with Crippen LogP contribution in [-0.4, -0.2) is 21.5 Å². The Morgan fingerprint density at radius 2 is 0.822 bits per heavy atom. The van der Waals surface area contributed by atoms with Crippen molar-refractivity contribution >= 4 is 155 Å². The largest absolute Gasteiger partial charge is 0.458 e. The molecular formula is C65H37B2Br3O2Si. The average Bonchev–Trinajstić information content (AvgIpc) is 3.49. The van der Waals surface area contributed by atoms with Gasteiger partial charge in [0.1, 0.15) is 23.0 Å². The molecule has 16 rings (SSSR count). The van der Waals surface area contributed by atoms with Crippen LogP contribution in [0.4, 0.5) is 0 Å². The van der Waals surface area contributed by atoms with Crippen molar-refractivity contribution in [1.82, 2.24) is 0 Å². The first-order valence-corrected chi connectivity index (χ1v) is 29.2. The van der Waals surface area contributed by atoms with Gasteiger partial charge in [-0.15, -0.1) is 0 Å². The lowest BCUT2D eigenvalue weighted by Gasteiger charge is -2.40. The summed E-state index contributed by atoms with van der Waals surface area (Å²) in [6, 6.07) is 77.8. The number of hydrogen-bond donors (Lipinski definition) is 0. The van der Waals surface area contributed by atoms with Crippen molar-refractivity contribution in [3.8, 4) is 56.4 Å². The van der Waals surface area contributed by atoms with E-state index in [-0.39, 0.29) is 13.4 Å². The van der Waals surface area contributed by atoms with Crippen molar-refractivity contribution in [2.75, 3.05) is 0 Å². The van der Waals surface area contributed by atoms with Gasteiger partial charge < -0.3 is 9.47 Å². The highest BCUT2D eigenvalue weighted by Crippen LogP contribution is 2.48. The maximum Gasteiger partial charge on any atom is 0.252 e. The van der Waals surface area contributed by atoms with E-state index in [2.05, 4.69) is 261 Å². The van der Waals surface area contributed by atoms with Crippen LogP contribution in [-0.2, 0) is 0 Å². The Hall–Kier alpha value is -6.93. The quantitative estimate of drug-likeness (QED) is 0.0971. The molecular weight excluding hydrogens is 1100 g/mol. The van der Waals surface area contributed by atoms with Crippen molar-refractivity contribution in [2.45, 2.75) is 6.92 Å². The Balaban J connectivity index is 1.14. The van der Waals surface area contributed by atoms with E-state index >= 15 is 0 Å². The summed E-state index contributed by atoms with van der Waals surface area (Å²) in [5, 5.41) is 13.3. The molecule has 4 aliphatic heterocycles. The SMILES string of the molecule is Cc1cc2c3c(cc4c([Si](c5ccccc5)(c5ccccc5)c5ccccc5)cc5c6c(cc1c3c46)B1c3ccc(-c4ccccc4)cc3Oc3cc(Br)cc-5c31)B1c3ccc(Br)cc3Oc3cc(Br)cc-2c31. The molecule has 0 aliphatic carbocycles. The lowest BCUT2D eigenvalue weighted by molar-refractivity contribution is 0.487. The van der Waals surface area contributed by atoms with Crippen LogP contribution in [0.1, 0.15) is 5.56 Å². The van der Waals surface area contributed by atoms with Crippen LogP contribution < -0.4 is 63.0 Å². The number of halogens is 3. The third-order valence-corrected chi connectivity index (χ3v) is 22.8. The molecule has 0 bridgehead atoms. The van der Waals surface area contributed by atoms with Gasteiger partial charge >= 0.3 is 0 Å². The second-order valence-electron chi connectivity index (χ2n) is 20.2. The molecule has 0 aromatic heterocycles. The Labute approximate surface area is 449 Å². The minimum Gasteiger partial charge on any atom is -0.458 e. The molecule has 12 aromatic rings. The summed E-state index contributed by atoms with van der Waals surface area (Å²) in [4.78, 5) is 0. The van der Waals surface area contributed by atoms with Gasteiger partial charge in [-0.25, -0.2) is 0 Å². The van der Waals surface area contributed by atoms with E-state index < -0.39 is 8.07 Å². The molecule has 0 N–H and O–H groups in total. The molecule has 0 amide bonds. The van der Waals surface area contributed by atoms with Crippen molar-refractivity contribution in [1.29, 1.82) is 0 Å². The number of ether oxygens (including phenoxy) is 2. The fourth-order valence-corrected chi connectivity index (χ4v) is 19.9. The number of benzene rings is 12. The topological polar surface area (TPSA) is 18.5 Å². The molecule has 4 aliphatic rings. The van der Waals surface area contributed by atoms with Crippen LogP contribution in [0.5, 0.6) is 23.0 Å². The summed E-state index contributed by atoms with van der Waals surface area (Å²) < 4.78 is 17.1. The van der Waals surface area contributed by atoms with Crippen molar-refractivity contribution in [3.63, 3.8) is 0 Å². The minimum atomic E-state index is -3.20. The van der Waals surface area contributed by atoms with E-state index in [0.717, 1.165) is 42.0 Å². The van der Waals surface area contributed by atoms with Crippen LogP contribution in [0.25, 0.3) is 65.7 Å². The van der Waals surface area contributed by atoms with Gasteiger partial charge in [-0.3, -0.25) is 0 Å². The Morgan fingerprint density at radius 3 is 1.38 bits per heavy atom. The second-order valence-corrected chi connectivity index (χ2v) is 26.7. The third kappa shape index (κ3) is 5.81. The highest BCUT2D eigenvalue weighted by molar-refractivity contribution is 9.11. The highest BCUT2D eigenvalue weighted by Gasteiger charge is 2.48. The standard InChI is InChI=1S/C65H37B2Br3O2Si/c1-36-26-46-48-28-40(69)32-58-64(48)67(52-25-23-39(68)30-56(52)72-58)54-34-50-59(73(42-16-8-3-9-17-42,43-18-10-4-11-19-43)44-20-12-5-13-21-44)35-47-49-29-41(70)31-57-65(49)66(53-33-45(36)62(60(46)54)63(50)61(47)53)51-24-22-38(27-55(51)71-57)37-14-6-2-7-15-37/h2-35H,1H3. The molecule has 0 saturated heterocycles. The Morgan fingerprint density at radius 1 is 0.356 bits per heavy atom. The van der Waals surface area contributed by atoms with E-state index in [1.807, 2.05) is 0 Å². The Bertz CT molecular complexity index is 4280. The van der Waals surface area contributed by atoms with Gasteiger partial charge in [-0.2, -0.15) is 0 Å². The molecule has 0 fully saturated rings. The molecule has 8 heteroatoms. The predicted octanol–water partition coefficient (Wildman–Crippen LogP) is 11.4. The first-order chi connectivity index (χ1) is 35.8. The summed E-state index contributed by atoms with van der Waals surface area (Å²) in [5.41, 5.74) is 16.0. The van der Waals surface area contributed by atoms with E-state index in [1.165, 1.54) is 119 Å². The van der Waals surface area contributed by atoms with Crippen molar-refractivity contribution in [2.24, 2.45) is 0 Å². The van der Waals surface area contributed by atoms with Crippen LogP contribution in [0, 0.1) is 6.92 Å². The summed E-state index contributed by atoms with van der Waals surface area (Å²) in [5.74, 6) is 3.58. The van der Waals surface area contributed by atoms with Crippen LogP contribution in [0.15, 0.2) is 220 Å². The number of rotatable bonds is 5. The molecule has 73 heavy (non-hydrogen) atoms. The zero-order chi connectivity index (χ0) is 48.4. The second kappa shape index (κ2) is 15.5. The summed E-state index contributed by atoms with van der Waals surface area (Å²) in [6.07, 6.45) is 0. The lowest BCUT2D eigenvalue weighted by Crippen LogP contribution is -2.75. The number of aryl methyl sites for hydroxylation is 1. The van der Waals surface area contributed by atoms with Crippen molar-refractivity contribution < 1.29 is 9.47 Å². The van der Waals surface area contributed by atoms with Crippen LogP contribution in [0.2, 0.25) is 0 Å². The van der Waals surface area contributed by atoms with Gasteiger partial charge in [0, 0.05) is 13.4 Å². The van der Waals surface area contributed by atoms with Gasteiger partial charge in [0.15, 0.2) is 8.07 Å². The number of hydrogen-bond acceptors (Lipinski definition) is 2. The van der Waals surface area contributed by atoms with Crippen molar-refractivity contribution in [3.05, 3.63) is 225 Å². The van der Waals surface area contributed by atoms with E-state index in [0.29, 0.717) is 0 Å². The third-order valence-electron chi connectivity index (χ3n) is 16.5.